The van der Waals surface area contributed by atoms with Crippen molar-refractivity contribution in [1.29, 1.82) is 0 Å². The van der Waals surface area contributed by atoms with Crippen LogP contribution in [0.25, 0.3) is 0 Å². The number of alkyl halides is 6. The first-order chi connectivity index (χ1) is 9.69. The molecule has 1 aromatic rings. The lowest BCUT2D eigenvalue weighted by molar-refractivity contribution is -0.275. The summed E-state index contributed by atoms with van der Waals surface area (Å²) in [4.78, 5) is 14.8. The molecule has 1 heterocycles. The number of nitrogens with zero attached hydrogens (tertiary/aromatic N) is 1. The minimum atomic E-state index is -5.10. The second-order valence-electron chi connectivity index (χ2n) is 3.59. The van der Waals surface area contributed by atoms with Crippen LogP contribution in [0.1, 0.15) is 35.1 Å². The van der Waals surface area contributed by atoms with Gasteiger partial charge in [0.05, 0.1) is 6.61 Å². The summed E-state index contributed by atoms with van der Waals surface area (Å²) >= 11 is 2.85. The SMILES string of the molecule is CCOC(=O)c1nc(C(F)F)cc(CBr)c1OC(F)(F)F. The van der Waals surface area contributed by atoms with Gasteiger partial charge in [0, 0.05) is 10.9 Å². The average Bonchev–Trinajstić information content (AvgIpc) is 2.36. The smallest absolute Gasteiger partial charge is 0.461 e. The van der Waals surface area contributed by atoms with Gasteiger partial charge in [-0.2, -0.15) is 0 Å². The molecule has 0 atom stereocenters. The predicted octanol–water partition coefficient (Wildman–Crippen LogP) is 3.99. The molecule has 0 aliphatic rings. The molecular formula is C11H9BrF5NO3. The number of carbonyl (C=O) groups is 1. The minimum absolute atomic E-state index is 0.158. The number of aromatic nitrogens is 1. The topological polar surface area (TPSA) is 48.4 Å². The molecule has 0 fully saturated rings. The van der Waals surface area contributed by atoms with Crippen molar-refractivity contribution in [2.45, 2.75) is 25.0 Å². The van der Waals surface area contributed by atoms with Crippen LogP contribution >= 0.6 is 15.9 Å². The Hall–Kier alpha value is -1.45. The normalized spacial score (nSPS) is 11.6. The van der Waals surface area contributed by atoms with E-state index in [1.54, 1.807) is 0 Å². The highest BCUT2D eigenvalue weighted by Crippen LogP contribution is 2.33. The van der Waals surface area contributed by atoms with Crippen molar-refractivity contribution in [2.24, 2.45) is 0 Å². The molecule has 0 amide bonds. The van der Waals surface area contributed by atoms with Gasteiger partial charge in [-0.25, -0.2) is 18.6 Å². The van der Waals surface area contributed by atoms with Gasteiger partial charge in [-0.05, 0) is 13.0 Å². The molecule has 0 aliphatic heterocycles. The second-order valence-corrected chi connectivity index (χ2v) is 4.15. The van der Waals surface area contributed by atoms with Gasteiger partial charge in [-0.1, -0.05) is 15.9 Å². The van der Waals surface area contributed by atoms with Crippen LogP contribution in [0.4, 0.5) is 22.0 Å². The maximum absolute atomic E-state index is 12.7. The van der Waals surface area contributed by atoms with Gasteiger partial charge in [0.2, 0.25) is 0 Å². The molecule has 4 nitrogen and oxygen atoms in total. The van der Waals surface area contributed by atoms with E-state index in [2.05, 4.69) is 30.4 Å². The van der Waals surface area contributed by atoms with Gasteiger partial charge in [0.25, 0.3) is 6.43 Å². The zero-order valence-corrected chi connectivity index (χ0v) is 12.1. The maximum Gasteiger partial charge on any atom is 0.573 e. The first kappa shape index (κ1) is 17.6. The molecule has 0 saturated carbocycles. The highest BCUT2D eigenvalue weighted by molar-refractivity contribution is 9.08. The summed E-state index contributed by atoms with van der Waals surface area (Å²) < 4.78 is 70.7. The van der Waals surface area contributed by atoms with Gasteiger partial charge in [0.1, 0.15) is 5.69 Å². The summed E-state index contributed by atoms with van der Waals surface area (Å²) in [7, 11) is 0. The fourth-order valence-corrected chi connectivity index (χ4v) is 1.80. The van der Waals surface area contributed by atoms with Crippen molar-refractivity contribution in [3.8, 4) is 5.75 Å². The molecular weight excluding hydrogens is 369 g/mol. The third kappa shape index (κ3) is 4.80. The molecule has 0 bridgehead atoms. The first-order valence-electron chi connectivity index (χ1n) is 5.50. The van der Waals surface area contributed by atoms with Gasteiger partial charge < -0.3 is 9.47 Å². The number of carbonyl (C=O) groups excluding carboxylic acids is 1. The van der Waals surface area contributed by atoms with E-state index in [4.69, 9.17) is 0 Å². The van der Waals surface area contributed by atoms with E-state index in [1.807, 2.05) is 0 Å². The molecule has 0 aromatic carbocycles. The van der Waals surface area contributed by atoms with Gasteiger partial charge in [0.15, 0.2) is 11.4 Å². The Kier molecular flexibility index (Phi) is 5.87. The predicted molar refractivity (Wildman–Crippen MR) is 64.5 cm³/mol. The molecule has 0 aliphatic carbocycles. The summed E-state index contributed by atoms with van der Waals surface area (Å²) in [5.74, 6) is -2.23. The Morgan fingerprint density at radius 1 is 1.43 bits per heavy atom. The molecule has 21 heavy (non-hydrogen) atoms. The molecule has 118 valence electrons. The van der Waals surface area contributed by atoms with Gasteiger partial charge >= 0.3 is 12.3 Å². The fourth-order valence-electron chi connectivity index (χ4n) is 1.39. The van der Waals surface area contributed by atoms with Gasteiger partial charge in [-0.3, -0.25) is 0 Å². The number of hydrogen-bond donors (Lipinski definition) is 0. The molecule has 0 saturated heterocycles. The third-order valence-electron chi connectivity index (χ3n) is 2.12. The van der Waals surface area contributed by atoms with Crippen molar-refractivity contribution in [3.63, 3.8) is 0 Å². The van der Waals surface area contributed by atoms with Crippen LogP contribution in [0.15, 0.2) is 6.07 Å². The van der Waals surface area contributed by atoms with Gasteiger partial charge in [-0.15, -0.1) is 13.2 Å². The standard InChI is InChI=1S/C11H9BrF5NO3/c1-2-20-10(19)7-8(21-11(15,16)17)5(4-12)3-6(18-7)9(13)14/h3,9H,2,4H2,1H3. The van der Waals surface area contributed by atoms with E-state index in [-0.39, 0.29) is 17.5 Å². The average molecular weight is 378 g/mol. The van der Waals surface area contributed by atoms with Crippen LogP contribution in [-0.2, 0) is 10.1 Å². The van der Waals surface area contributed by atoms with Crippen molar-refractivity contribution in [2.75, 3.05) is 6.61 Å². The van der Waals surface area contributed by atoms with E-state index < -0.39 is 35.9 Å². The Balaban J connectivity index is 3.45. The van der Waals surface area contributed by atoms with E-state index in [0.717, 1.165) is 6.07 Å². The zero-order valence-electron chi connectivity index (χ0n) is 10.5. The number of rotatable bonds is 5. The first-order valence-corrected chi connectivity index (χ1v) is 6.62. The number of esters is 1. The molecule has 0 N–H and O–H groups in total. The number of pyridine rings is 1. The summed E-state index contributed by atoms with van der Waals surface area (Å²) in [6.45, 7) is 1.25. The molecule has 0 radical (unpaired) electrons. The van der Waals surface area contributed by atoms with Crippen LogP contribution < -0.4 is 4.74 Å². The molecule has 1 aromatic heterocycles. The van der Waals surface area contributed by atoms with E-state index >= 15 is 0 Å². The summed E-state index contributed by atoms with van der Waals surface area (Å²) in [5.41, 5.74) is -2.08. The van der Waals surface area contributed by atoms with Crippen LogP contribution in [-0.4, -0.2) is 23.9 Å². The van der Waals surface area contributed by atoms with Crippen molar-refractivity contribution < 1.29 is 36.2 Å². The van der Waals surface area contributed by atoms with Crippen molar-refractivity contribution >= 4 is 21.9 Å². The maximum atomic E-state index is 12.7. The van der Waals surface area contributed by atoms with Crippen molar-refractivity contribution in [3.05, 3.63) is 23.0 Å². The fraction of sp³-hybridized carbons (Fsp3) is 0.455. The van der Waals surface area contributed by atoms with E-state index in [9.17, 15) is 26.7 Å². The molecule has 0 spiro atoms. The Labute approximate surface area is 124 Å². The number of halogens is 6. The lowest BCUT2D eigenvalue weighted by Crippen LogP contribution is -2.22. The van der Waals surface area contributed by atoms with E-state index in [0.29, 0.717) is 0 Å². The number of ether oxygens (including phenoxy) is 2. The lowest BCUT2D eigenvalue weighted by atomic mass is 10.2. The molecule has 0 unspecified atom stereocenters. The minimum Gasteiger partial charge on any atom is -0.461 e. The van der Waals surface area contributed by atoms with E-state index in [1.165, 1.54) is 6.92 Å². The number of hydrogen-bond acceptors (Lipinski definition) is 4. The quantitative estimate of drug-likeness (QED) is 0.442. The second kappa shape index (κ2) is 7.01. The third-order valence-corrected chi connectivity index (χ3v) is 2.73. The Morgan fingerprint density at radius 3 is 2.48 bits per heavy atom. The zero-order chi connectivity index (χ0) is 16.2. The Morgan fingerprint density at radius 2 is 2.05 bits per heavy atom. The van der Waals surface area contributed by atoms with Crippen LogP contribution in [0.5, 0.6) is 5.75 Å². The summed E-state index contributed by atoms with van der Waals surface area (Å²) in [5, 5.41) is -0.243. The largest absolute Gasteiger partial charge is 0.573 e. The summed E-state index contributed by atoms with van der Waals surface area (Å²) in [6.07, 6.45) is -8.16. The summed E-state index contributed by atoms with van der Waals surface area (Å²) in [6, 6.07) is 0.725. The molecule has 10 heteroatoms. The lowest BCUT2D eigenvalue weighted by Gasteiger charge is -2.16. The molecule has 1 rings (SSSR count). The van der Waals surface area contributed by atoms with Crippen LogP contribution in [0.3, 0.4) is 0 Å². The van der Waals surface area contributed by atoms with Crippen LogP contribution in [0, 0.1) is 0 Å². The van der Waals surface area contributed by atoms with Crippen molar-refractivity contribution in [1.82, 2.24) is 4.98 Å². The van der Waals surface area contributed by atoms with Crippen LogP contribution in [0.2, 0.25) is 0 Å². The highest BCUT2D eigenvalue weighted by Gasteiger charge is 2.36. The highest BCUT2D eigenvalue weighted by atomic mass is 79.9. The Bertz CT molecular complexity index is 521. The monoisotopic (exact) mass is 377 g/mol.